The van der Waals surface area contributed by atoms with Crippen LogP contribution in [0.5, 0.6) is 0 Å². The predicted octanol–water partition coefficient (Wildman–Crippen LogP) is 2.05. The molecule has 0 spiro atoms. The van der Waals surface area contributed by atoms with E-state index in [0.717, 1.165) is 38.6 Å². The Bertz CT molecular complexity index is 319. The van der Waals surface area contributed by atoms with E-state index in [1.807, 2.05) is 4.90 Å². The molecule has 0 radical (unpaired) electrons. The minimum absolute atomic E-state index is 0.0592. The normalized spacial score (nSPS) is 28.6. The zero-order chi connectivity index (χ0) is 14.5. The second kappa shape index (κ2) is 7.41. The molecule has 2 unspecified atom stereocenters. The van der Waals surface area contributed by atoms with Gasteiger partial charge in [-0.25, -0.2) is 0 Å². The molecule has 0 aromatic carbocycles. The van der Waals surface area contributed by atoms with Gasteiger partial charge in [-0.1, -0.05) is 20.3 Å². The number of hydrogen-bond acceptors (Lipinski definition) is 3. The summed E-state index contributed by atoms with van der Waals surface area (Å²) in [6, 6.07) is 0.786. The molecule has 2 heterocycles. The van der Waals surface area contributed by atoms with Crippen LogP contribution in [0.25, 0.3) is 0 Å². The first-order valence-electron chi connectivity index (χ1n) is 8.34. The lowest BCUT2D eigenvalue weighted by Crippen LogP contribution is -2.39. The number of amides is 1. The summed E-state index contributed by atoms with van der Waals surface area (Å²) in [6.07, 6.45) is 6.11. The van der Waals surface area contributed by atoms with E-state index in [1.165, 1.54) is 25.8 Å². The van der Waals surface area contributed by atoms with E-state index < -0.39 is 0 Å². The largest absolute Gasteiger partial charge is 0.329 e. The molecule has 2 atom stereocenters. The molecule has 116 valence electrons. The Balaban J connectivity index is 1.68. The van der Waals surface area contributed by atoms with Crippen molar-refractivity contribution >= 4 is 5.91 Å². The molecule has 4 nitrogen and oxygen atoms in total. The van der Waals surface area contributed by atoms with Crippen molar-refractivity contribution in [2.24, 2.45) is 5.92 Å². The smallest absolute Gasteiger partial charge is 0.240 e. The van der Waals surface area contributed by atoms with Gasteiger partial charge in [0, 0.05) is 19.1 Å². The first-order valence-corrected chi connectivity index (χ1v) is 8.34. The van der Waals surface area contributed by atoms with Gasteiger partial charge in [-0.3, -0.25) is 10.1 Å². The van der Waals surface area contributed by atoms with E-state index in [4.69, 9.17) is 0 Å². The third-order valence-electron chi connectivity index (χ3n) is 4.66. The molecule has 2 saturated heterocycles. The molecule has 0 aromatic rings. The SMILES string of the molecule is CC(C)CC1NCN(CCCN2CCCCC2C)C1=O. The van der Waals surface area contributed by atoms with Gasteiger partial charge >= 0.3 is 0 Å². The monoisotopic (exact) mass is 281 g/mol. The van der Waals surface area contributed by atoms with E-state index in [1.54, 1.807) is 0 Å². The van der Waals surface area contributed by atoms with Crippen LogP contribution in [0.3, 0.4) is 0 Å². The average molecular weight is 281 g/mol. The molecule has 20 heavy (non-hydrogen) atoms. The maximum absolute atomic E-state index is 12.2. The molecule has 2 fully saturated rings. The molecular formula is C16H31N3O. The molecule has 0 bridgehead atoms. The topological polar surface area (TPSA) is 35.6 Å². The standard InChI is InChI=1S/C16H31N3O/c1-13(2)11-15-16(20)19(12-17-15)10-6-9-18-8-5-4-7-14(18)3/h13-15,17H,4-12H2,1-3H3. The predicted molar refractivity (Wildman–Crippen MR) is 82.5 cm³/mol. The third-order valence-corrected chi connectivity index (χ3v) is 4.66. The van der Waals surface area contributed by atoms with E-state index in [9.17, 15) is 4.79 Å². The van der Waals surface area contributed by atoms with Gasteiger partial charge < -0.3 is 9.80 Å². The van der Waals surface area contributed by atoms with Crippen LogP contribution < -0.4 is 5.32 Å². The first-order chi connectivity index (χ1) is 9.58. The molecule has 2 aliphatic rings. The van der Waals surface area contributed by atoms with Crippen molar-refractivity contribution in [2.45, 2.75) is 65.0 Å². The number of rotatable bonds is 6. The number of nitrogens with one attached hydrogen (secondary N) is 1. The van der Waals surface area contributed by atoms with E-state index in [0.29, 0.717) is 11.8 Å². The molecule has 0 aliphatic carbocycles. The second-order valence-corrected chi connectivity index (χ2v) is 6.88. The van der Waals surface area contributed by atoms with Crippen molar-refractivity contribution in [3.63, 3.8) is 0 Å². The summed E-state index contributed by atoms with van der Waals surface area (Å²) in [5.74, 6) is 0.885. The average Bonchev–Trinajstić information content (AvgIpc) is 2.73. The van der Waals surface area contributed by atoms with Crippen molar-refractivity contribution in [1.82, 2.24) is 15.1 Å². The van der Waals surface area contributed by atoms with Crippen LogP contribution in [0, 0.1) is 5.92 Å². The van der Waals surface area contributed by atoms with Gasteiger partial charge in [0.1, 0.15) is 0 Å². The summed E-state index contributed by atoms with van der Waals surface area (Å²) in [6.45, 7) is 10.7. The zero-order valence-electron chi connectivity index (χ0n) is 13.4. The minimum atomic E-state index is 0.0592. The molecule has 2 aliphatic heterocycles. The molecule has 1 amide bonds. The Morgan fingerprint density at radius 1 is 1.30 bits per heavy atom. The number of carbonyl (C=O) groups excluding carboxylic acids is 1. The van der Waals surface area contributed by atoms with Crippen LogP contribution in [-0.2, 0) is 4.79 Å². The van der Waals surface area contributed by atoms with Crippen molar-refractivity contribution in [3.05, 3.63) is 0 Å². The summed E-state index contributed by atoms with van der Waals surface area (Å²) in [5, 5.41) is 3.35. The Hall–Kier alpha value is -0.610. The lowest BCUT2D eigenvalue weighted by Gasteiger charge is -2.33. The number of likely N-dealkylation sites (tertiary alicyclic amines) is 1. The van der Waals surface area contributed by atoms with Gasteiger partial charge in [-0.2, -0.15) is 0 Å². The molecule has 0 saturated carbocycles. The van der Waals surface area contributed by atoms with Crippen molar-refractivity contribution in [2.75, 3.05) is 26.3 Å². The summed E-state index contributed by atoms with van der Waals surface area (Å²) in [4.78, 5) is 16.8. The Labute approximate surface area is 123 Å². The van der Waals surface area contributed by atoms with Crippen molar-refractivity contribution in [1.29, 1.82) is 0 Å². The quantitative estimate of drug-likeness (QED) is 0.809. The molecule has 0 aromatic heterocycles. The van der Waals surface area contributed by atoms with Gasteiger partial charge in [-0.15, -0.1) is 0 Å². The number of carbonyl (C=O) groups is 1. The van der Waals surface area contributed by atoms with Crippen molar-refractivity contribution in [3.8, 4) is 0 Å². The zero-order valence-corrected chi connectivity index (χ0v) is 13.4. The molecule has 4 heteroatoms. The summed E-state index contributed by atoms with van der Waals surface area (Å²) in [7, 11) is 0. The highest BCUT2D eigenvalue weighted by Gasteiger charge is 2.31. The minimum Gasteiger partial charge on any atom is -0.329 e. The van der Waals surface area contributed by atoms with Gasteiger partial charge in [-0.05, 0) is 45.1 Å². The highest BCUT2D eigenvalue weighted by molar-refractivity contribution is 5.83. The fourth-order valence-electron chi connectivity index (χ4n) is 3.41. The van der Waals surface area contributed by atoms with Gasteiger partial charge in [0.15, 0.2) is 0 Å². The maximum atomic E-state index is 12.2. The Morgan fingerprint density at radius 2 is 2.10 bits per heavy atom. The van der Waals surface area contributed by atoms with Gasteiger partial charge in [0.05, 0.1) is 12.7 Å². The van der Waals surface area contributed by atoms with Crippen LogP contribution in [0.4, 0.5) is 0 Å². The van der Waals surface area contributed by atoms with Gasteiger partial charge in [0.2, 0.25) is 5.91 Å². The van der Waals surface area contributed by atoms with Crippen LogP contribution in [-0.4, -0.2) is 54.1 Å². The van der Waals surface area contributed by atoms with Crippen LogP contribution in [0.2, 0.25) is 0 Å². The maximum Gasteiger partial charge on any atom is 0.240 e. The fourth-order valence-corrected chi connectivity index (χ4v) is 3.41. The van der Waals surface area contributed by atoms with Crippen LogP contribution in [0.15, 0.2) is 0 Å². The van der Waals surface area contributed by atoms with E-state index in [-0.39, 0.29) is 6.04 Å². The molecule has 2 rings (SSSR count). The Kier molecular flexibility index (Phi) is 5.85. The fraction of sp³-hybridized carbons (Fsp3) is 0.938. The summed E-state index contributed by atoms with van der Waals surface area (Å²) < 4.78 is 0. The van der Waals surface area contributed by atoms with Crippen LogP contribution in [0.1, 0.15) is 52.9 Å². The lowest BCUT2D eigenvalue weighted by molar-refractivity contribution is -0.129. The second-order valence-electron chi connectivity index (χ2n) is 6.88. The van der Waals surface area contributed by atoms with Gasteiger partial charge in [0.25, 0.3) is 0 Å². The van der Waals surface area contributed by atoms with Crippen molar-refractivity contribution < 1.29 is 4.79 Å². The first kappa shape index (κ1) is 15.8. The van der Waals surface area contributed by atoms with Crippen LogP contribution >= 0.6 is 0 Å². The number of hydrogen-bond donors (Lipinski definition) is 1. The summed E-state index contributed by atoms with van der Waals surface area (Å²) >= 11 is 0. The van der Waals surface area contributed by atoms with E-state index >= 15 is 0 Å². The number of nitrogens with zero attached hydrogens (tertiary/aromatic N) is 2. The summed E-state index contributed by atoms with van der Waals surface area (Å²) in [5.41, 5.74) is 0. The highest BCUT2D eigenvalue weighted by Crippen LogP contribution is 2.17. The van der Waals surface area contributed by atoms with E-state index in [2.05, 4.69) is 31.0 Å². The Morgan fingerprint density at radius 3 is 2.80 bits per heavy atom. The lowest BCUT2D eigenvalue weighted by atomic mass is 10.0. The highest BCUT2D eigenvalue weighted by atomic mass is 16.2. The number of piperidine rings is 1. The molecule has 1 N–H and O–H groups in total. The third kappa shape index (κ3) is 4.19. The molecular weight excluding hydrogens is 250 g/mol.